The molecule has 0 aromatic carbocycles. The van der Waals surface area contributed by atoms with Crippen molar-refractivity contribution >= 4 is 11.6 Å². The molecule has 5 nitrogen and oxygen atoms in total. The molecule has 2 aliphatic rings. The fraction of sp³-hybridized carbons (Fsp3) is 0.667. The second-order valence-corrected chi connectivity index (χ2v) is 8.25. The second kappa shape index (κ2) is 7.01. The van der Waals surface area contributed by atoms with Crippen LogP contribution in [-0.2, 0) is 11.2 Å². The summed E-state index contributed by atoms with van der Waals surface area (Å²) in [5.41, 5.74) is 5.17. The van der Waals surface area contributed by atoms with Gasteiger partial charge in [0.2, 0.25) is 5.91 Å². The van der Waals surface area contributed by atoms with Gasteiger partial charge in [-0.25, -0.2) is 9.50 Å². The summed E-state index contributed by atoms with van der Waals surface area (Å²) < 4.78 is 1.91. The number of rotatable bonds is 3. The van der Waals surface area contributed by atoms with E-state index < -0.39 is 0 Å². The monoisotopic (exact) mass is 354 g/mol. The molecule has 1 aliphatic heterocycles. The van der Waals surface area contributed by atoms with Crippen molar-refractivity contribution in [3.8, 4) is 0 Å². The maximum atomic E-state index is 12.8. The molecular formula is C21H30N4O. The molecular weight excluding hydrogens is 324 g/mol. The third-order valence-corrected chi connectivity index (χ3v) is 6.52. The van der Waals surface area contributed by atoms with Crippen LogP contribution in [0.1, 0.15) is 61.2 Å². The van der Waals surface area contributed by atoms with Crippen LogP contribution in [0.4, 0.5) is 0 Å². The molecule has 0 spiro atoms. The van der Waals surface area contributed by atoms with E-state index in [0.717, 1.165) is 54.1 Å². The van der Waals surface area contributed by atoms with Crippen LogP contribution < -0.4 is 0 Å². The molecule has 2 fully saturated rings. The summed E-state index contributed by atoms with van der Waals surface area (Å²) in [6.07, 6.45) is 7.95. The van der Waals surface area contributed by atoms with Crippen molar-refractivity contribution in [3.05, 3.63) is 28.7 Å². The molecule has 1 aliphatic carbocycles. The van der Waals surface area contributed by atoms with Gasteiger partial charge in [0.1, 0.15) is 0 Å². The van der Waals surface area contributed by atoms with Gasteiger partial charge in [-0.05, 0) is 57.4 Å². The highest BCUT2D eigenvalue weighted by Crippen LogP contribution is 2.36. The van der Waals surface area contributed by atoms with Crippen molar-refractivity contribution in [1.29, 1.82) is 0 Å². The maximum absolute atomic E-state index is 12.8. The summed E-state index contributed by atoms with van der Waals surface area (Å²) in [5.74, 6) is 1.92. The van der Waals surface area contributed by atoms with Gasteiger partial charge in [0.05, 0.1) is 5.69 Å². The molecule has 2 atom stereocenters. The molecule has 3 heterocycles. The van der Waals surface area contributed by atoms with Gasteiger partial charge in [-0.15, -0.1) is 0 Å². The first-order valence-corrected chi connectivity index (χ1v) is 10.1. The Morgan fingerprint density at radius 2 is 1.92 bits per heavy atom. The zero-order valence-corrected chi connectivity index (χ0v) is 16.3. The van der Waals surface area contributed by atoms with Crippen LogP contribution >= 0.6 is 0 Å². The molecule has 2 aromatic heterocycles. The summed E-state index contributed by atoms with van der Waals surface area (Å²) in [6, 6.07) is 2.00. The Hall–Kier alpha value is -1.91. The average molecular weight is 354 g/mol. The lowest BCUT2D eigenvalue weighted by molar-refractivity contribution is -0.134. The van der Waals surface area contributed by atoms with E-state index in [1.165, 1.54) is 37.7 Å². The van der Waals surface area contributed by atoms with Gasteiger partial charge >= 0.3 is 0 Å². The minimum Gasteiger partial charge on any atom is -0.342 e. The van der Waals surface area contributed by atoms with E-state index in [2.05, 4.69) is 21.9 Å². The Morgan fingerprint density at radius 1 is 1.15 bits per heavy atom. The molecule has 1 saturated carbocycles. The number of aryl methyl sites for hydroxylation is 3. The van der Waals surface area contributed by atoms with Crippen LogP contribution in [0.2, 0.25) is 0 Å². The molecule has 0 bridgehead atoms. The van der Waals surface area contributed by atoms with E-state index in [1.54, 1.807) is 0 Å². The first kappa shape index (κ1) is 17.5. The highest BCUT2D eigenvalue weighted by molar-refractivity contribution is 5.76. The molecule has 5 heteroatoms. The summed E-state index contributed by atoms with van der Waals surface area (Å²) in [4.78, 5) is 19.6. The molecule has 0 radical (unpaired) electrons. The first-order valence-electron chi connectivity index (χ1n) is 10.1. The smallest absolute Gasteiger partial charge is 0.222 e. The normalized spacial score (nSPS) is 23.3. The van der Waals surface area contributed by atoms with Crippen LogP contribution in [0.15, 0.2) is 6.07 Å². The van der Waals surface area contributed by atoms with Gasteiger partial charge < -0.3 is 4.90 Å². The SMILES string of the molecule is Cc1cc2nc(C)c(CCC(=O)N3CC[C@@H]4CCCC[C@@H]4C3)c(C)n2n1. The standard InChI is InChI=1S/C21H30N4O/c1-14-12-20-22-15(2)19(16(3)25(20)23-14)8-9-21(26)24-11-10-17-6-4-5-7-18(17)13-24/h12,17-18H,4-11,13H2,1-3H3/t17-,18+/m0/s1. The van der Waals surface area contributed by atoms with Gasteiger partial charge in [0.25, 0.3) is 0 Å². The minimum atomic E-state index is 0.310. The second-order valence-electron chi connectivity index (χ2n) is 8.25. The summed E-state index contributed by atoms with van der Waals surface area (Å²) in [6.45, 7) is 8.05. The zero-order chi connectivity index (χ0) is 18.3. The molecule has 4 rings (SSSR count). The lowest BCUT2D eigenvalue weighted by Gasteiger charge is -2.41. The number of carbonyl (C=O) groups excluding carboxylic acids is 1. The van der Waals surface area contributed by atoms with Gasteiger partial charge in [0, 0.05) is 37.0 Å². The van der Waals surface area contributed by atoms with Crippen LogP contribution in [0.3, 0.4) is 0 Å². The quantitative estimate of drug-likeness (QED) is 0.846. The van der Waals surface area contributed by atoms with E-state index >= 15 is 0 Å². The van der Waals surface area contributed by atoms with Crippen molar-refractivity contribution in [3.63, 3.8) is 0 Å². The van der Waals surface area contributed by atoms with E-state index in [1.807, 2.05) is 24.4 Å². The molecule has 1 amide bonds. The predicted octanol–water partition coefficient (Wildman–Crippen LogP) is 3.63. The number of likely N-dealkylation sites (tertiary alicyclic amines) is 1. The highest BCUT2D eigenvalue weighted by atomic mass is 16.2. The van der Waals surface area contributed by atoms with E-state index in [4.69, 9.17) is 0 Å². The van der Waals surface area contributed by atoms with Crippen molar-refractivity contribution in [2.24, 2.45) is 11.8 Å². The van der Waals surface area contributed by atoms with Gasteiger partial charge in [-0.3, -0.25) is 4.79 Å². The number of carbonyl (C=O) groups is 1. The number of hydrogen-bond donors (Lipinski definition) is 0. The third-order valence-electron chi connectivity index (χ3n) is 6.52. The van der Waals surface area contributed by atoms with Gasteiger partial charge in [-0.2, -0.15) is 5.10 Å². The summed E-state index contributed by atoms with van der Waals surface area (Å²) >= 11 is 0. The number of piperidine rings is 1. The Labute approximate surface area is 155 Å². The Morgan fingerprint density at radius 3 is 2.73 bits per heavy atom. The van der Waals surface area contributed by atoms with E-state index in [-0.39, 0.29) is 0 Å². The number of hydrogen-bond acceptors (Lipinski definition) is 3. The number of aromatic nitrogens is 3. The molecule has 2 aromatic rings. The Bertz CT molecular complexity index is 825. The van der Waals surface area contributed by atoms with Crippen LogP contribution in [-0.4, -0.2) is 38.5 Å². The average Bonchev–Trinajstić information content (AvgIpc) is 3.01. The predicted molar refractivity (Wildman–Crippen MR) is 102 cm³/mol. The Kier molecular flexibility index (Phi) is 4.72. The highest BCUT2D eigenvalue weighted by Gasteiger charge is 2.32. The van der Waals surface area contributed by atoms with E-state index in [0.29, 0.717) is 12.3 Å². The van der Waals surface area contributed by atoms with Crippen LogP contribution in [0.5, 0.6) is 0 Å². The summed E-state index contributed by atoms with van der Waals surface area (Å²) in [7, 11) is 0. The largest absolute Gasteiger partial charge is 0.342 e. The van der Waals surface area contributed by atoms with Crippen molar-refractivity contribution in [2.75, 3.05) is 13.1 Å². The lowest BCUT2D eigenvalue weighted by Crippen LogP contribution is -2.44. The fourth-order valence-corrected chi connectivity index (χ4v) is 5.02. The number of amides is 1. The maximum Gasteiger partial charge on any atom is 0.222 e. The fourth-order valence-electron chi connectivity index (χ4n) is 5.02. The number of nitrogens with zero attached hydrogens (tertiary/aromatic N) is 4. The Balaban J connectivity index is 1.44. The molecule has 1 saturated heterocycles. The zero-order valence-electron chi connectivity index (χ0n) is 16.3. The molecule has 0 N–H and O–H groups in total. The van der Waals surface area contributed by atoms with E-state index in [9.17, 15) is 4.79 Å². The van der Waals surface area contributed by atoms with Crippen molar-refractivity contribution in [2.45, 2.75) is 65.7 Å². The third kappa shape index (κ3) is 3.24. The van der Waals surface area contributed by atoms with Crippen LogP contribution in [0, 0.1) is 32.6 Å². The number of fused-ring (bicyclic) bond motifs is 2. The van der Waals surface area contributed by atoms with Gasteiger partial charge in [0.15, 0.2) is 5.65 Å². The summed E-state index contributed by atoms with van der Waals surface area (Å²) in [5, 5.41) is 4.54. The molecule has 0 unspecified atom stereocenters. The van der Waals surface area contributed by atoms with Crippen molar-refractivity contribution in [1.82, 2.24) is 19.5 Å². The molecule has 26 heavy (non-hydrogen) atoms. The minimum absolute atomic E-state index is 0.310. The topological polar surface area (TPSA) is 50.5 Å². The van der Waals surface area contributed by atoms with Crippen LogP contribution in [0.25, 0.3) is 5.65 Å². The first-order chi connectivity index (χ1) is 12.5. The van der Waals surface area contributed by atoms with Gasteiger partial charge in [-0.1, -0.05) is 19.3 Å². The molecule has 140 valence electrons. The lowest BCUT2D eigenvalue weighted by atomic mass is 9.75. The van der Waals surface area contributed by atoms with Crippen molar-refractivity contribution < 1.29 is 4.79 Å².